The molecule has 6 heteroatoms. The molecular formula is C15H27N3O2S. The lowest BCUT2D eigenvalue weighted by atomic mass is 9.95. The van der Waals surface area contributed by atoms with Crippen LogP contribution in [-0.4, -0.2) is 42.3 Å². The van der Waals surface area contributed by atoms with Gasteiger partial charge in [0.1, 0.15) is 0 Å². The number of aromatic nitrogens is 2. The van der Waals surface area contributed by atoms with Crippen LogP contribution in [-0.2, 0) is 22.8 Å². The molecule has 2 atom stereocenters. The van der Waals surface area contributed by atoms with Crippen molar-refractivity contribution >= 4 is 9.84 Å². The summed E-state index contributed by atoms with van der Waals surface area (Å²) in [5.41, 5.74) is 1.23. The molecule has 1 N–H and O–H groups in total. The van der Waals surface area contributed by atoms with Crippen LogP contribution in [0.3, 0.4) is 0 Å². The molecule has 0 amide bonds. The van der Waals surface area contributed by atoms with Gasteiger partial charge in [-0.05, 0) is 50.6 Å². The lowest BCUT2D eigenvalue weighted by Gasteiger charge is -2.21. The lowest BCUT2D eigenvalue weighted by Crippen LogP contribution is -2.34. The van der Waals surface area contributed by atoms with Crippen molar-refractivity contribution in [1.82, 2.24) is 15.1 Å². The summed E-state index contributed by atoms with van der Waals surface area (Å²) < 4.78 is 25.1. The van der Waals surface area contributed by atoms with Gasteiger partial charge >= 0.3 is 0 Å². The normalized spacial score (nSPS) is 22.5. The van der Waals surface area contributed by atoms with Crippen molar-refractivity contribution < 1.29 is 8.42 Å². The molecule has 0 aromatic carbocycles. The first-order chi connectivity index (χ1) is 10.0. The van der Waals surface area contributed by atoms with Crippen molar-refractivity contribution in [2.24, 2.45) is 5.92 Å². The summed E-state index contributed by atoms with van der Waals surface area (Å²) in [6, 6.07) is 0.345. The predicted octanol–water partition coefficient (Wildman–Crippen LogP) is 1.64. The molecule has 0 bridgehead atoms. The molecule has 120 valence electrons. The van der Waals surface area contributed by atoms with Crippen molar-refractivity contribution in [2.75, 3.05) is 18.1 Å². The highest BCUT2D eigenvalue weighted by Gasteiger charge is 2.29. The van der Waals surface area contributed by atoms with E-state index in [0.29, 0.717) is 23.5 Å². The summed E-state index contributed by atoms with van der Waals surface area (Å²) in [6.07, 6.45) is 7.79. The van der Waals surface area contributed by atoms with E-state index in [1.807, 2.05) is 10.9 Å². The first-order valence-electron chi connectivity index (χ1n) is 7.97. The highest BCUT2D eigenvalue weighted by Crippen LogP contribution is 2.24. The van der Waals surface area contributed by atoms with Gasteiger partial charge in [-0.25, -0.2) is 8.42 Å². The Kier molecular flexibility index (Phi) is 5.81. The largest absolute Gasteiger partial charge is 0.314 e. The van der Waals surface area contributed by atoms with Crippen LogP contribution >= 0.6 is 0 Å². The van der Waals surface area contributed by atoms with Gasteiger partial charge in [-0.2, -0.15) is 5.10 Å². The standard InChI is InChI=1S/C15H27N3O2S/c1-3-6-16-15(8-13-5-7-21(19,20)12-13)9-14-10-17-18(4-2)11-14/h10-11,13,15-16H,3-9,12H2,1-2H3. The van der Waals surface area contributed by atoms with E-state index in [-0.39, 0.29) is 0 Å². The van der Waals surface area contributed by atoms with Crippen LogP contribution in [0.15, 0.2) is 12.4 Å². The second-order valence-electron chi connectivity index (χ2n) is 6.06. The summed E-state index contributed by atoms with van der Waals surface area (Å²) in [6.45, 7) is 6.09. The van der Waals surface area contributed by atoms with Gasteiger partial charge in [-0.15, -0.1) is 0 Å². The summed E-state index contributed by atoms with van der Waals surface area (Å²) in [5, 5.41) is 7.88. The zero-order chi connectivity index (χ0) is 15.3. The number of rotatable bonds is 8. The highest BCUT2D eigenvalue weighted by molar-refractivity contribution is 7.91. The van der Waals surface area contributed by atoms with Crippen LogP contribution in [0.4, 0.5) is 0 Å². The van der Waals surface area contributed by atoms with Crippen LogP contribution in [0.2, 0.25) is 0 Å². The topological polar surface area (TPSA) is 64.0 Å². The average molecular weight is 313 g/mol. The monoisotopic (exact) mass is 313 g/mol. The number of hydrogen-bond acceptors (Lipinski definition) is 4. The Morgan fingerprint density at radius 2 is 2.29 bits per heavy atom. The van der Waals surface area contributed by atoms with Crippen LogP contribution in [0, 0.1) is 5.92 Å². The van der Waals surface area contributed by atoms with Crippen molar-refractivity contribution in [3.05, 3.63) is 18.0 Å². The van der Waals surface area contributed by atoms with E-state index in [9.17, 15) is 8.42 Å². The van der Waals surface area contributed by atoms with E-state index in [4.69, 9.17) is 0 Å². The van der Waals surface area contributed by atoms with Crippen molar-refractivity contribution in [2.45, 2.75) is 52.1 Å². The minimum Gasteiger partial charge on any atom is -0.314 e. The maximum Gasteiger partial charge on any atom is 0.150 e. The summed E-state index contributed by atoms with van der Waals surface area (Å²) >= 11 is 0. The fraction of sp³-hybridized carbons (Fsp3) is 0.800. The van der Waals surface area contributed by atoms with Gasteiger partial charge < -0.3 is 5.32 Å². The molecule has 1 fully saturated rings. The zero-order valence-electron chi connectivity index (χ0n) is 13.1. The predicted molar refractivity (Wildman–Crippen MR) is 85.1 cm³/mol. The molecule has 0 radical (unpaired) electrons. The Morgan fingerprint density at radius 3 is 2.86 bits per heavy atom. The van der Waals surface area contributed by atoms with Crippen LogP contribution in [0.1, 0.15) is 38.7 Å². The lowest BCUT2D eigenvalue weighted by molar-refractivity contribution is 0.402. The molecule has 1 aromatic heterocycles. The van der Waals surface area contributed by atoms with Crippen LogP contribution in [0.5, 0.6) is 0 Å². The van der Waals surface area contributed by atoms with E-state index < -0.39 is 9.84 Å². The van der Waals surface area contributed by atoms with Crippen molar-refractivity contribution in [3.8, 4) is 0 Å². The van der Waals surface area contributed by atoms with Crippen LogP contribution in [0.25, 0.3) is 0 Å². The average Bonchev–Trinajstić information content (AvgIpc) is 3.02. The molecule has 2 unspecified atom stereocenters. The van der Waals surface area contributed by atoms with Gasteiger partial charge in [0.25, 0.3) is 0 Å². The Bertz CT molecular complexity index is 539. The van der Waals surface area contributed by atoms with Crippen molar-refractivity contribution in [3.63, 3.8) is 0 Å². The third kappa shape index (κ3) is 5.11. The minimum atomic E-state index is -2.78. The first kappa shape index (κ1) is 16.5. The number of nitrogens with zero attached hydrogens (tertiary/aromatic N) is 2. The Labute approximate surface area is 128 Å². The maximum absolute atomic E-state index is 11.6. The number of aryl methyl sites for hydroxylation is 1. The van der Waals surface area contributed by atoms with E-state index in [1.54, 1.807) is 0 Å². The Balaban J connectivity index is 1.94. The van der Waals surface area contributed by atoms with Gasteiger partial charge in [0.15, 0.2) is 9.84 Å². The van der Waals surface area contributed by atoms with Gasteiger partial charge in [0.2, 0.25) is 0 Å². The second-order valence-corrected chi connectivity index (χ2v) is 8.29. The molecule has 1 aliphatic rings. The molecular weight excluding hydrogens is 286 g/mol. The Morgan fingerprint density at radius 1 is 1.48 bits per heavy atom. The Hall–Kier alpha value is -0.880. The molecule has 1 aromatic rings. The van der Waals surface area contributed by atoms with E-state index in [1.165, 1.54) is 5.56 Å². The first-order valence-corrected chi connectivity index (χ1v) is 9.79. The molecule has 0 saturated carbocycles. The third-order valence-electron chi connectivity index (χ3n) is 4.12. The minimum absolute atomic E-state index is 0.311. The SMILES string of the molecule is CCCNC(Cc1cnn(CC)c1)CC1CCS(=O)(=O)C1. The summed E-state index contributed by atoms with van der Waals surface area (Å²) in [7, 11) is -2.78. The third-order valence-corrected chi connectivity index (χ3v) is 5.96. The maximum atomic E-state index is 11.6. The quantitative estimate of drug-likeness (QED) is 0.792. The molecule has 0 spiro atoms. The summed E-state index contributed by atoms with van der Waals surface area (Å²) in [4.78, 5) is 0. The van der Waals surface area contributed by atoms with Gasteiger partial charge in [-0.3, -0.25) is 4.68 Å². The van der Waals surface area contributed by atoms with Gasteiger partial charge in [0.05, 0.1) is 17.7 Å². The second kappa shape index (κ2) is 7.40. The van der Waals surface area contributed by atoms with E-state index in [2.05, 4.69) is 30.5 Å². The fourth-order valence-electron chi connectivity index (χ4n) is 3.02. The smallest absolute Gasteiger partial charge is 0.150 e. The zero-order valence-corrected chi connectivity index (χ0v) is 13.9. The number of sulfone groups is 1. The fourth-order valence-corrected chi connectivity index (χ4v) is 4.90. The molecule has 5 nitrogen and oxygen atoms in total. The molecule has 0 aliphatic carbocycles. The van der Waals surface area contributed by atoms with Gasteiger partial charge in [-0.1, -0.05) is 6.92 Å². The van der Waals surface area contributed by atoms with Crippen molar-refractivity contribution in [1.29, 1.82) is 0 Å². The molecule has 2 rings (SSSR count). The molecule has 1 saturated heterocycles. The molecule has 1 aliphatic heterocycles. The van der Waals surface area contributed by atoms with E-state index in [0.717, 1.165) is 38.8 Å². The van der Waals surface area contributed by atoms with Gasteiger partial charge in [0, 0.05) is 18.8 Å². The molecule has 21 heavy (non-hydrogen) atoms. The molecule has 2 heterocycles. The number of hydrogen-bond donors (Lipinski definition) is 1. The van der Waals surface area contributed by atoms with Crippen LogP contribution < -0.4 is 5.32 Å². The van der Waals surface area contributed by atoms with E-state index >= 15 is 0 Å². The summed E-state index contributed by atoms with van der Waals surface area (Å²) in [5.74, 6) is 1.04. The number of nitrogens with one attached hydrogen (secondary N) is 1. The highest BCUT2D eigenvalue weighted by atomic mass is 32.2.